The smallest absolute Gasteiger partial charge is 0.251 e. The molecule has 128 valence electrons. The van der Waals surface area contributed by atoms with Gasteiger partial charge >= 0.3 is 0 Å². The molecule has 0 bridgehead atoms. The van der Waals surface area contributed by atoms with Crippen LogP contribution >= 0.6 is 11.6 Å². The summed E-state index contributed by atoms with van der Waals surface area (Å²) in [6.45, 7) is 1.97. The standard InChI is InChI=1S/C17H19ClN2O3S/c1-3-16(12-7-9-14(18)10-8-12)19-17(21)13-5-4-6-15(11-13)20-24(2,22)23/h4-11,16,20H,3H2,1-2H3,(H,19,21). The molecular weight excluding hydrogens is 348 g/mol. The molecule has 0 radical (unpaired) electrons. The molecule has 0 aromatic heterocycles. The van der Waals surface area contributed by atoms with Crippen LogP contribution in [-0.4, -0.2) is 20.6 Å². The van der Waals surface area contributed by atoms with Crippen LogP contribution < -0.4 is 10.0 Å². The van der Waals surface area contributed by atoms with Crippen molar-refractivity contribution >= 4 is 33.2 Å². The third-order valence-electron chi connectivity index (χ3n) is 3.41. The lowest BCUT2D eigenvalue weighted by Gasteiger charge is -2.18. The first-order valence-corrected chi connectivity index (χ1v) is 9.69. The molecule has 0 aliphatic rings. The Morgan fingerprint density at radius 2 is 1.83 bits per heavy atom. The zero-order valence-electron chi connectivity index (χ0n) is 13.4. The average Bonchev–Trinajstić information content (AvgIpc) is 2.52. The lowest BCUT2D eigenvalue weighted by molar-refractivity contribution is 0.0935. The summed E-state index contributed by atoms with van der Waals surface area (Å²) in [6.07, 6.45) is 1.78. The Morgan fingerprint density at radius 3 is 2.42 bits per heavy atom. The predicted octanol–water partition coefficient (Wildman–Crippen LogP) is 3.59. The molecule has 5 nitrogen and oxygen atoms in total. The van der Waals surface area contributed by atoms with Crippen LogP contribution in [0.4, 0.5) is 5.69 Å². The van der Waals surface area contributed by atoms with Gasteiger partial charge in [-0.2, -0.15) is 0 Å². The van der Waals surface area contributed by atoms with Gasteiger partial charge in [0.25, 0.3) is 5.91 Å². The zero-order chi connectivity index (χ0) is 17.7. The Bertz CT molecular complexity index is 820. The number of carbonyl (C=O) groups is 1. The topological polar surface area (TPSA) is 75.3 Å². The van der Waals surface area contributed by atoms with Crippen LogP contribution in [0.15, 0.2) is 48.5 Å². The minimum atomic E-state index is -3.39. The number of hydrogen-bond acceptors (Lipinski definition) is 3. The normalized spacial score (nSPS) is 12.5. The SMILES string of the molecule is CCC(NC(=O)c1cccc(NS(C)(=O)=O)c1)c1ccc(Cl)cc1. The summed E-state index contributed by atoms with van der Waals surface area (Å²) in [4.78, 5) is 12.5. The highest BCUT2D eigenvalue weighted by atomic mass is 35.5. The van der Waals surface area contributed by atoms with Crippen LogP contribution in [-0.2, 0) is 10.0 Å². The van der Waals surface area contributed by atoms with E-state index in [0.29, 0.717) is 22.7 Å². The Balaban J connectivity index is 2.16. The lowest BCUT2D eigenvalue weighted by atomic mass is 10.0. The number of hydrogen-bond donors (Lipinski definition) is 2. The van der Waals surface area contributed by atoms with Crippen LogP contribution in [0.25, 0.3) is 0 Å². The molecule has 0 heterocycles. The molecule has 7 heteroatoms. The number of nitrogens with one attached hydrogen (secondary N) is 2. The Morgan fingerprint density at radius 1 is 1.17 bits per heavy atom. The van der Waals surface area contributed by atoms with E-state index in [4.69, 9.17) is 11.6 Å². The van der Waals surface area contributed by atoms with Gasteiger partial charge in [-0.3, -0.25) is 9.52 Å². The molecule has 0 aliphatic carbocycles. The fourth-order valence-corrected chi connectivity index (χ4v) is 2.98. The highest BCUT2D eigenvalue weighted by molar-refractivity contribution is 7.92. The maximum absolute atomic E-state index is 12.5. The number of anilines is 1. The van der Waals surface area contributed by atoms with Crippen LogP contribution in [0.1, 0.15) is 35.3 Å². The Labute approximate surface area is 147 Å². The molecule has 2 N–H and O–H groups in total. The summed E-state index contributed by atoms with van der Waals surface area (Å²) in [5.74, 6) is -0.269. The number of carbonyl (C=O) groups excluding carboxylic acids is 1. The van der Waals surface area contributed by atoms with Crippen molar-refractivity contribution in [2.24, 2.45) is 0 Å². The van der Waals surface area contributed by atoms with Gasteiger partial charge in [-0.05, 0) is 42.3 Å². The maximum atomic E-state index is 12.5. The quantitative estimate of drug-likeness (QED) is 0.820. The van der Waals surface area contributed by atoms with Crippen LogP contribution in [0.5, 0.6) is 0 Å². The van der Waals surface area contributed by atoms with E-state index >= 15 is 0 Å². The molecule has 2 aromatic rings. The summed E-state index contributed by atoms with van der Waals surface area (Å²) >= 11 is 5.89. The van der Waals surface area contributed by atoms with Gasteiger partial charge in [0.15, 0.2) is 0 Å². The molecule has 0 spiro atoms. The summed E-state index contributed by atoms with van der Waals surface area (Å²) in [7, 11) is -3.39. The van der Waals surface area contributed by atoms with E-state index < -0.39 is 10.0 Å². The van der Waals surface area contributed by atoms with E-state index in [0.717, 1.165) is 11.8 Å². The van der Waals surface area contributed by atoms with Gasteiger partial charge in [-0.15, -0.1) is 0 Å². The lowest BCUT2D eigenvalue weighted by Crippen LogP contribution is -2.28. The first-order chi connectivity index (χ1) is 11.3. The minimum absolute atomic E-state index is 0.152. The van der Waals surface area contributed by atoms with Gasteiger partial charge in [0.1, 0.15) is 0 Å². The second kappa shape index (κ2) is 7.68. The monoisotopic (exact) mass is 366 g/mol. The van der Waals surface area contributed by atoms with Gasteiger partial charge < -0.3 is 5.32 Å². The van der Waals surface area contributed by atoms with Crippen LogP contribution in [0.2, 0.25) is 5.02 Å². The molecule has 1 amide bonds. The van der Waals surface area contributed by atoms with E-state index in [1.165, 1.54) is 6.07 Å². The Hall–Kier alpha value is -2.05. The highest BCUT2D eigenvalue weighted by Crippen LogP contribution is 2.20. The highest BCUT2D eigenvalue weighted by Gasteiger charge is 2.15. The molecule has 24 heavy (non-hydrogen) atoms. The van der Waals surface area contributed by atoms with Crippen molar-refractivity contribution in [3.63, 3.8) is 0 Å². The average molecular weight is 367 g/mol. The van der Waals surface area contributed by atoms with E-state index in [9.17, 15) is 13.2 Å². The summed E-state index contributed by atoms with van der Waals surface area (Å²) in [5.41, 5.74) is 1.70. The molecule has 0 aliphatic heterocycles. The summed E-state index contributed by atoms with van der Waals surface area (Å²) in [5, 5.41) is 3.59. The molecule has 0 saturated heterocycles. The zero-order valence-corrected chi connectivity index (χ0v) is 15.0. The second-order valence-electron chi connectivity index (χ2n) is 5.44. The molecule has 1 atom stereocenters. The van der Waals surface area contributed by atoms with E-state index in [1.54, 1.807) is 30.3 Å². The maximum Gasteiger partial charge on any atom is 0.251 e. The fourth-order valence-electron chi connectivity index (χ4n) is 2.30. The van der Waals surface area contributed by atoms with Crippen molar-refractivity contribution in [3.8, 4) is 0 Å². The number of amides is 1. The summed E-state index contributed by atoms with van der Waals surface area (Å²) in [6, 6.07) is 13.5. The van der Waals surface area contributed by atoms with Crippen molar-refractivity contribution in [1.29, 1.82) is 0 Å². The van der Waals surface area contributed by atoms with E-state index in [2.05, 4.69) is 10.0 Å². The molecule has 2 rings (SSSR count). The molecular formula is C17H19ClN2O3S. The van der Waals surface area contributed by atoms with Crippen molar-refractivity contribution < 1.29 is 13.2 Å². The number of halogens is 1. The Kier molecular flexibility index (Phi) is 5.85. The minimum Gasteiger partial charge on any atom is -0.345 e. The molecule has 0 saturated carbocycles. The first-order valence-electron chi connectivity index (χ1n) is 7.42. The van der Waals surface area contributed by atoms with E-state index in [1.807, 2.05) is 19.1 Å². The largest absolute Gasteiger partial charge is 0.345 e. The molecule has 2 aromatic carbocycles. The summed E-state index contributed by atoms with van der Waals surface area (Å²) < 4.78 is 25.0. The number of sulfonamides is 1. The van der Waals surface area contributed by atoms with Crippen molar-refractivity contribution in [3.05, 3.63) is 64.7 Å². The first kappa shape index (κ1) is 18.3. The van der Waals surface area contributed by atoms with Crippen molar-refractivity contribution in [1.82, 2.24) is 5.32 Å². The fraction of sp³-hybridized carbons (Fsp3) is 0.235. The number of benzene rings is 2. The van der Waals surface area contributed by atoms with Gasteiger partial charge in [0.05, 0.1) is 12.3 Å². The third kappa shape index (κ3) is 5.25. The van der Waals surface area contributed by atoms with E-state index in [-0.39, 0.29) is 11.9 Å². The van der Waals surface area contributed by atoms with Gasteiger partial charge in [-0.1, -0.05) is 36.7 Å². The molecule has 1 unspecified atom stereocenters. The second-order valence-corrected chi connectivity index (χ2v) is 7.63. The van der Waals surface area contributed by atoms with Crippen LogP contribution in [0, 0.1) is 0 Å². The number of rotatable bonds is 6. The van der Waals surface area contributed by atoms with Gasteiger partial charge in [0.2, 0.25) is 10.0 Å². The van der Waals surface area contributed by atoms with Crippen molar-refractivity contribution in [2.75, 3.05) is 11.0 Å². The third-order valence-corrected chi connectivity index (χ3v) is 4.27. The van der Waals surface area contributed by atoms with Crippen molar-refractivity contribution in [2.45, 2.75) is 19.4 Å². The molecule has 0 fully saturated rings. The van der Waals surface area contributed by atoms with Gasteiger partial charge in [-0.25, -0.2) is 8.42 Å². The predicted molar refractivity (Wildman–Crippen MR) is 96.9 cm³/mol. The van der Waals surface area contributed by atoms with Crippen LogP contribution in [0.3, 0.4) is 0 Å². The van der Waals surface area contributed by atoms with Gasteiger partial charge in [0, 0.05) is 16.3 Å².